The molecule has 146 valence electrons. The SMILES string of the molecule is CN(C)CCNC(=O)C(COCc1ccccc1)NC(=O)OC(C)(C)C. The third-order valence-electron chi connectivity index (χ3n) is 3.26. The van der Waals surface area contributed by atoms with Gasteiger partial charge in [0.25, 0.3) is 0 Å². The molecule has 2 N–H and O–H groups in total. The van der Waals surface area contributed by atoms with Crippen LogP contribution in [-0.4, -0.2) is 62.3 Å². The van der Waals surface area contributed by atoms with Gasteiger partial charge in [-0.1, -0.05) is 30.3 Å². The maximum Gasteiger partial charge on any atom is 0.408 e. The van der Waals surface area contributed by atoms with Gasteiger partial charge in [0, 0.05) is 13.1 Å². The number of ether oxygens (including phenoxy) is 2. The Morgan fingerprint density at radius 1 is 1.15 bits per heavy atom. The van der Waals surface area contributed by atoms with Crippen molar-refractivity contribution >= 4 is 12.0 Å². The second-order valence-electron chi connectivity index (χ2n) is 7.29. The molecule has 1 unspecified atom stereocenters. The highest BCUT2D eigenvalue weighted by molar-refractivity contribution is 5.85. The average molecular weight is 365 g/mol. The summed E-state index contributed by atoms with van der Waals surface area (Å²) < 4.78 is 10.9. The summed E-state index contributed by atoms with van der Waals surface area (Å²) in [7, 11) is 3.84. The zero-order valence-corrected chi connectivity index (χ0v) is 16.4. The normalized spacial score (nSPS) is 12.5. The second kappa shape index (κ2) is 10.8. The Balaban J connectivity index is 2.58. The third-order valence-corrected chi connectivity index (χ3v) is 3.26. The minimum absolute atomic E-state index is 0.0575. The van der Waals surface area contributed by atoms with Crippen molar-refractivity contribution in [2.45, 2.75) is 39.0 Å². The molecule has 1 rings (SSSR count). The average Bonchev–Trinajstić information content (AvgIpc) is 2.52. The zero-order valence-electron chi connectivity index (χ0n) is 16.4. The summed E-state index contributed by atoms with van der Waals surface area (Å²) in [5, 5.41) is 5.39. The molecule has 0 aliphatic rings. The Labute approximate surface area is 156 Å². The van der Waals surface area contributed by atoms with E-state index in [-0.39, 0.29) is 12.5 Å². The first-order chi connectivity index (χ1) is 12.2. The summed E-state index contributed by atoms with van der Waals surface area (Å²) in [6.45, 7) is 6.91. The topological polar surface area (TPSA) is 79.9 Å². The van der Waals surface area contributed by atoms with E-state index in [2.05, 4.69) is 10.6 Å². The second-order valence-corrected chi connectivity index (χ2v) is 7.29. The Kier molecular flexibility index (Phi) is 9.09. The third kappa shape index (κ3) is 10.0. The van der Waals surface area contributed by atoms with Crippen LogP contribution >= 0.6 is 0 Å². The summed E-state index contributed by atoms with van der Waals surface area (Å²) in [4.78, 5) is 26.4. The monoisotopic (exact) mass is 365 g/mol. The molecule has 2 amide bonds. The Hall–Kier alpha value is -2.12. The van der Waals surface area contributed by atoms with Crippen molar-refractivity contribution in [1.82, 2.24) is 15.5 Å². The van der Waals surface area contributed by atoms with Gasteiger partial charge in [0.15, 0.2) is 0 Å². The lowest BCUT2D eigenvalue weighted by Gasteiger charge is -2.23. The minimum atomic E-state index is -0.823. The van der Waals surface area contributed by atoms with Gasteiger partial charge in [-0.25, -0.2) is 4.79 Å². The van der Waals surface area contributed by atoms with Crippen molar-refractivity contribution < 1.29 is 19.1 Å². The van der Waals surface area contributed by atoms with E-state index in [1.165, 1.54) is 0 Å². The number of hydrogen-bond donors (Lipinski definition) is 2. The maximum atomic E-state index is 12.4. The van der Waals surface area contributed by atoms with Crippen LogP contribution in [0.2, 0.25) is 0 Å². The molecule has 1 aromatic rings. The van der Waals surface area contributed by atoms with Gasteiger partial charge in [-0.2, -0.15) is 0 Å². The molecular formula is C19H31N3O4. The van der Waals surface area contributed by atoms with Gasteiger partial charge in [-0.15, -0.1) is 0 Å². The first kappa shape index (κ1) is 21.9. The molecule has 26 heavy (non-hydrogen) atoms. The van der Waals surface area contributed by atoms with Crippen LogP contribution in [0.4, 0.5) is 4.79 Å². The molecule has 7 nitrogen and oxygen atoms in total. The van der Waals surface area contributed by atoms with Gasteiger partial charge in [0.1, 0.15) is 11.6 Å². The zero-order chi connectivity index (χ0) is 19.6. The molecule has 0 saturated carbocycles. The predicted molar refractivity (Wildman–Crippen MR) is 101 cm³/mol. The highest BCUT2D eigenvalue weighted by atomic mass is 16.6. The molecule has 0 bridgehead atoms. The number of nitrogens with one attached hydrogen (secondary N) is 2. The number of alkyl carbamates (subject to hydrolysis) is 1. The van der Waals surface area contributed by atoms with Gasteiger partial charge in [0.2, 0.25) is 5.91 Å². The van der Waals surface area contributed by atoms with Crippen molar-refractivity contribution in [2.75, 3.05) is 33.8 Å². The molecule has 0 heterocycles. The summed E-state index contributed by atoms with van der Waals surface area (Å²) in [6, 6.07) is 8.82. The molecule has 1 aromatic carbocycles. The summed E-state index contributed by atoms with van der Waals surface area (Å²) in [5.41, 5.74) is 0.359. The quantitative estimate of drug-likeness (QED) is 0.697. The van der Waals surface area contributed by atoms with Crippen LogP contribution in [0.3, 0.4) is 0 Å². The van der Waals surface area contributed by atoms with Crippen LogP contribution in [0, 0.1) is 0 Å². The van der Waals surface area contributed by atoms with Crippen molar-refractivity contribution in [1.29, 1.82) is 0 Å². The van der Waals surface area contributed by atoms with Crippen LogP contribution in [-0.2, 0) is 20.9 Å². The van der Waals surface area contributed by atoms with E-state index >= 15 is 0 Å². The number of nitrogens with zero attached hydrogens (tertiary/aromatic N) is 1. The van der Waals surface area contributed by atoms with Crippen molar-refractivity contribution in [2.24, 2.45) is 0 Å². The predicted octanol–water partition coefficient (Wildman–Crippen LogP) is 1.77. The molecule has 0 saturated heterocycles. The van der Waals surface area contributed by atoms with Crippen LogP contribution in [0.25, 0.3) is 0 Å². The highest BCUT2D eigenvalue weighted by Gasteiger charge is 2.24. The number of rotatable bonds is 9. The summed E-state index contributed by atoms with van der Waals surface area (Å²) >= 11 is 0. The fourth-order valence-corrected chi connectivity index (χ4v) is 2.03. The van der Waals surface area contributed by atoms with Gasteiger partial charge in [-0.3, -0.25) is 4.79 Å². The number of hydrogen-bond acceptors (Lipinski definition) is 5. The first-order valence-corrected chi connectivity index (χ1v) is 8.71. The lowest BCUT2D eigenvalue weighted by atomic mass is 10.2. The van der Waals surface area contributed by atoms with E-state index in [1.807, 2.05) is 49.3 Å². The lowest BCUT2D eigenvalue weighted by molar-refractivity contribution is -0.124. The molecule has 0 aliphatic carbocycles. The Morgan fingerprint density at radius 3 is 2.38 bits per heavy atom. The van der Waals surface area contributed by atoms with Gasteiger partial charge >= 0.3 is 6.09 Å². The largest absolute Gasteiger partial charge is 0.444 e. The maximum absolute atomic E-state index is 12.4. The van der Waals surface area contributed by atoms with Gasteiger partial charge in [-0.05, 0) is 40.4 Å². The molecule has 7 heteroatoms. The van der Waals surface area contributed by atoms with Crippen molar-refractivity contribution in [3.63, 3.8) is 0 Å². The van der Waals surface area contributed by atoms with E-state index in [1.54, 1.807) is 20.8 Å². The van der Waals surface area contributed by atoms with Crippen LogP contribution < -0.4 is 10.6 Å². The first-order valence-electron chi connectivity index (χ1n) is 8.71. The molecule has 0 fully saturated rings. The lowest BCUT2D eigenvalue weighted by Crippen LogP contribution is -2.51. The molecular weight excluding hydrogens is 334 g/mol. The highest BCUT2D eigenvalue weighted by Crippen LogP contribution is 2.07. The number of carbonyl (C=O) groups is 2. The molecule has 0 spiro atoms. The molecule has 0 aromatic heterocycles. The standard InChI is InChI=1S/C19H31N3O4/c1-19(2,3)26-18(24)21-16(17(23)20-11-12-22(4)5)14-25-13-15-9-7-6-8-10-15/h6-10,16H,11-14H2,1-5H3,(H,20,23)(H,21,24). The fraction of sp³-hybridized carbons (Fsp3) is 0.579. The van der Waals surface area contributed by atoms with Gasteiger partial charge < -0.3 is 25.0 Å². The Bertz CT molecular complexity index is 556. The molecule has 1 atom stereocenters. The number of likely N-dealkylation sites (N-methyl/N-ethyl adjacent to an activating group) is 1. The van der Waals surface area contributed by atoms with Crippen LogP contribution in [0.5, 0.6) is 0 Å². The Morgan fingerprint density at radius 2 is 1.81 bits per heavy atom. The summed E-state index contributed by atoms with van der Waals surface area (Å²) in [6.07, 6.45) is -0.645. The number of benzene rings is 1. The van der Waals surface area contributed by atoms with E-state index in [9.17, 15) is 9.59 Å². The van der Waals surface area contributed by atoms with Crippen LogP contribution in [0.15, 0.2) is 30.3 Å². The van der Waals surface area contributed by atoms with E-state index < -0.39 is 17.7 Å². The van der Waals surface area contributed by atoms with E-state index in [0.717, 1.165) is 5.56 Å². The van der Waals surface area contributed by atoms with E-state index in [4.69, 9.17) is 9.47 Å². The minimum Gasteiger partial charge on any atom is -0.444 e. The molecule has 0 aliphatic heterocycles. The van der Waals surface area contributed by atoms with Crippen LogP contribution in [0.1, 0.15) is 26.3 Å². The van der Waals surface area contributed by atoms with Crippen molar-refractivity contribution in [3.8, 4) is 0 Å². The molecule has 0 radical (unpaired) electrons. The smallest absolute Gasteiger partial charge is 0.408 e. The van der Waals surface area contributed by atoms with Gasteiger partial charge in [0.05, 0.1) is 13.2 Å². The number of carbonyl (C=O) groups excluding carboxylic acids is 2. The van der Waals surface area contributed by atoms with E-state index in [0.29, 0.717) is 19.7 Å². The fourth-order valence-electron chi connectivity index (χ4n) is 2.03. The number of amides is 2. The summed E-state index contributed by atoms with van der Waals surface area (Å²) in [5.74, 6) is -0.300. The van der Waals surface area contributed by atoms with Crippen molar-refractivity contribution in [3.05, 3.63) is 35.9 Å².